The Kier molecular flexibility index (Phi) is 6.67. The number of hydrogen-bond acceptors (Lipinski definition) is 7. The number of benzene rings is 2. The molecule has 4 aromatic rings. The monoisotopic (exact) mass is 514 g/mol. The molecule has 1 atom stereocenters. The number of allylic oxidation sites excluding steroid dienone is 1. The van der Waals surface area contributed by atoms with Gasteiger partial charge in [0.25, 0.3) is 5.56 Å². The van der Waals surface area contributed by atoms with E-state index in [9.17, 15) is 9.59 Å². The van der Waals surface area contributed by atoms with Gasteiger partial charge in [0.15, 0.2) is 4.80 Å². The highest BCUT2D eigenvalue weighted by atomic mass is 32.1. The van der Waals surface area contributed by atoms with Crippen LogP contribution < -0.4 is 19.6 Å². The molecule has 0 spiro atoms. The Morgan fingerprint density at radius 3 is 2.62 bits per heavy atom. The summed E-state index contributed by atoms with van der Waals surface area (Å²) in [6.45, 7) is 5.76. The Bertz CT molecular complexity index is 1690. The Hall–Kier alpha value is -4.17. The van der Waals surface area contributed by atoms with E-state index in [1.54, 1.807) is 43.7 Å². The zero-order valence-corrected chi connectivity index (χ0v) is 21.8. The van der Waals surface area contributed by atoms with Crippen molar-refractivity contribution in [3.05, 3.63) is 109 Å². The van der Waals surface area contributed by atoms with Crippen LogP contribution in [-0.2, 0) is 9.53 Å². The fourth-order valence-corrected chi connectivity index (χ4v) is 5.43. The average Bonchev–Trinajstić information content (AvgIpc) is 3.48. The van der Waals surface area contributed by atoms with Gasteiger partial charge in [0.2, 0.25) is 0 Å². The van der Waals surface area contributed by atoms with Gasteiger partial charge >= 0.3 is 5.97 Å². The molecule has 0 amide bonds. The fourth-order valence-electron chi connectivity index (χ4n) is 4.41. The molecule has 37 heavy (non-hydrogen) atoms. The maximum Gasteiger partial charge on any atom is 0.338 e. The predicted octanol–water partition coefficient (Wildman–Crippen LogP) is 4.38. The lowest BCUT2D eigenvalue weighted by atomic mass is 9.96. The van der Waals surface area contributed by atoms with E-state index in [-0.39, 0.29) is 12.2 Å². The van der Waals surface area contributed by atoms with Gasteiger partial charge in [-0.1, -0.05) is 47.2 Å². The summed E-state index contributed by atoms with van der Waals surface area (Å²) >= 11 is 1.26. The van der Waals surface area contributed by atoms with Gasteiger partial charge in [0.1, 0.15) is 17.3 Å². The second kappa shape index (κ2) is 10.1. The number of aryl methyl sites for hydroxylation is 1. The first-order valence-corrected chi connectivity index (χ1v) is 12.7. The van der Waals surface area contributed by atoms with Crippen molar-refractivity contribution < 1.29 is 18.7 Å². The minimum absolute atomic E-state index is 0.219. The average molecular weight is 515 g/mol. The van der Waals surface area contributed by atoms with Gasteiger partial charge in [-0.15, -0.1) is 0 Å². The van der Waals surface area contributed by atoms with Gasteiger partial charge < -0.3 is 13.9 Å². The number of carbonyl (C=O) groups is 1. The summed E-state index contributed by atoms with van der Waals surface area (Å²) in [4.78, 5) is 31.8. The third-order valence-corrected chi connectivity index (χ3v) is 7.13. The van der Waals surface area contributed by atoms with Crippen LogP contribution in [0.1, 0.15) is 36.8 Å². The van der Waals surface area contributed by atoms with Crippen LogP contribution in [0, 0.1) is 6.92 Å². The van der Waals surface area contributed by atoms with Crippen molar-refractivity contribution in [3.63, 3.8) is 0 Å². The van der Waals surface area contributed by atoms with Crippen LogP contribution in [0.2, 0.25) is 0 Å². The standard InChI is InChI=1S/C29H26N2O5S/c1-5-35-28(33)25-18(3)30-29-31(26(25)19-9-11-21(34-4)12-10-19)27(32)24(37-29)16-22-13-14-23(36-22)20-8-6-7-17(2)15-20/h6-16,26H,5H2,1-4H3/b24-16-. The first kappa shape index (κ1) is 24.5. The van der Waals surface area contributed by atoms with E-state index in [2.05, 4.69) is 4.99 Å². The molecular weight excluding hydrogens is 488 g/mol. The number of fused-ring (bicyclic) bond motifs is 1. The quantitative estimate of drug-likeness (QED) is 0.357. The normalized spacial score (nSPS) is 15.4. The van der Waals surface area contributed by atoms with E-state index >= 15 is 0 Å². The summed E-state index contributed by atoms with van der Waals surface area (Å²) in [6, 6.07) is 18.4. The molecule has 1 aliphatic heterocycles. The van der Waals surface area contributed by atoms with Crippen molar-refractivity contribution in [1.29, 1.82) is 0 Å². The molecule has 3 heterocycles. The summed E-state index contributed by atoms with van der Waals surface area (Å²) in [7, 11) is 1.59. The zero-order valence-electron chi connectivity index (χ0n) is 21.0. The van der Waals surface area contributed by atoms with Crippen LogP contribution in [0.25, 0.3) is 17.4 Å². The van der Waals surface area contributed by atoms with Crippen molar-refractivity contribution in [3.8, 4) is 17.1 Å². The lowest BCUT2D eigenvalue weighted by Crippen LogP contribution is -2.39. The van der Waals surface area contributed by atoms with Crippen LogP contribution in [0.15, 0.2) is 86.1 Å². The summed E-state index contributed by atoms with van der Waals surface area (Å²) in [5.74, 6) is 1.47. The Balaban J connectivity index is 1.63. The van der Waals surface area contributed by atoms with Crippen LogP contribution in [0.3, 0.4) is 0 Å². The highest BCUT2D eigenvalue weighted by Gasteiger charge is 2.33. The van der Waals surface area contributed by atoms with Gasteiger partial charge in [-0.05, 0) is 56.7 Å². The molecule has 8 heteroatoms. The van der Waals surface area contributed by atoms with E-state index < -0.39 is 12.0 Å². The molecule has 0 radical (unpaired) electrons. The Morgan fingerprint density at radius 2 is 1.92 bits per heavy atom. The summed E-state index contributed by atoms with van der Waals surface area (Å²) < 4.78 is 18.7. The molecule has 2 aromatic carbocycles. The molecule has 1 unspecified atom stereocenters. The molecule has 188 valence electrons. The Morgan fingerprint density at radius 1 is 1.14 bits per heavy atom. The zero-order chi connectivity index (χ0) is 26.1. The van der Waals surface area contributed by atoms with Crippen molar-refractivity contribution in [1.82, 2.24) is 4.57 Å². The van der Waals surface area contributed by atoms with E-state index in [0.29, 0.717) is 32.1 Å². The number of furan rings is 1. The maximum atomic E-state index is 13.7. The SMILES string of the molecule is CCOC(=O)C1=C(C)N=c2s/c(=C\c3ccc(-c4cccc(C)c4)o3)c(=O)n2C1c1ccc(OC)cc1. The minimum Gasteiger partial charge on any atom is -0.497 e. The van der Waals surface area contributed by atoms with Crippen LogP contribution in [0.5, 0.6) is 5.75 Å². The van der Waals surface area contributed by atoms with Gasteiger partial charge in [-0.25, -0.2) is 9.79 Å². The third kappa shape index (κ3) is 4.68. The number of nitrogens with zero attached hydrogens (tertiary/aromatic N) is 2. The number of methoxy groups -OCH3 is 1. The topological polar surface area (TPSA) is 83.0 Å². The second-order valence-corrected chi connectivity index (χ2v) is 9.66. The molecule has 2 aromatic heterocycles. The highest BCUT2D eigenvalue weighted by molar-refractivity contribution is 7.07. The third-order valence-electron chi connectivity index (χ3n) is 6.15. The van der Waals surface area contributed by atoms with Crippen LogP contribution in [-0.4, -0.2) is 24.3 Å². The number of rotatable bonds is 6. The molecule has 0 N–H and O–H groups in total. The molecule has 0 saturated heterocycles. The smallest absolute Gasteiger partial charge is 0.338 e. The van der Waals surface area contributed by atoms with E-state index in [0.717, 1.165) is 22.5 Å². The second-order valence-electron chi connectivity index (χ2n) is 8.65. The van der Waals surface area contributed by atoms with E-state index in [1.807, 2.05) is 55.5 Å². The van der Waals surface area contributed by atoms with Gasteiger partial charge in [-0.3, -0.25) is 9.36 Å². The molecule has 1 aliphatic rings. The van der Waals surface area contributed by atoms with Gasteiger partial charge in [-0.2, -0.15) is 0 Å². The molecule has 0 fully saturated rings. The number of hydrogen-bond donors (Lipinski definition) is 0. The number of ether oxygens (including phenoxy) is 2. The first-order chi connectivity index (χ1) is 17.9. The molecule has 0 aliphatic carbocycles. The van der Waals surface area contributed by atoms with Crippen molar-refractivity contribution in [2.45, 2.75) is 26.8 Å². The number of carbonyl (C=O) groups excluding carboxylic acids is 1. The first-order valence-electron chi connectivity index (χ1n) is 11.9. The fraction of sp³-hybridized carbons (Fsp3) is 0.207. The molecule has 0 saturated carbocycles. The van der Waals surface area contributed by atoms with Gasteiger partial charge in [0.05, 0.1) is 35.6 Å². The van der Waals surface area contributed by atoms with Crippen molar-refractivity contribution >= 4 is 23.4 Å². The van der Waals surface area contributed by atoms with E-state index in [1.165, 1.54) is 11.3 Å². The predicted molar refractivity (Wildman–Crippen MR) is 142 cm³/mol. The minimum atomic E-state index is -0.678. The number of esters is 1. The summed E-state index contributed by atoms with van der Waals surface area (Å²) in [5, 5.41) is 0. The lowest BCUT2D eigenvalue weighted by molar-refractivity contribution is -0.139. The summed E-state index contributed by atoms with van der Waals surface area (Å²) in [6.07, 6.45) is 1.72. The number of aromatic nitrogens is 1. The highest BCUT2D eigenvalue weighted by Crippen LogP contribution is 2.31. The molecule has 5 rings (SSSR count). The summed E-state index contributed by atoms with van der Waals surface area (Å²) in [5.41, 5.74) is 3.46. The van der Waals surface area contributed by atoms with Crippen LogP contribution >= 0.6 is 11.3 Å². The van der Waals surface area contributed by atoms with Crippen molar-refractivity contribution in [2.75, 3.05) is 13.7 Å². The van der Waals surface area contributed by atoms with E-state index in [4.69, 9.17) is 13.9 Å². The Labute approximate surface area is 217 Å². The molecule has 0 bridgehead atoms. The van der Waals surface area contributed by atoms with Crippen molar-refractivity contribution in [2.24, 2.45) is 4.99 Å². The number of thiazole rings is 1. The van der Waals surface area contributed by atoms with Crippen LogP contribution in [0.4, 0.5) is 0 Å². The molecular formula is C29H26N2O5S. The lowest BCUT2D eigenvalue weighted by Gasteiger charge is -2.24. The molecule has 7 nitrogen and oxygen atoms in total. The maximum absolute atomic E-state index is 13.7. The largest absolute Gasteiger partial charge is 0.497 e. The van der Waals surface area contributed by atoms with Gasteiger partial charge in [0, 0.05) is 11.6 Å².